The van der Waals surface area contributed by atoms with Crippen LogP contribution in [0.25, 0.3) is 22.3 Å². The molecule has 7 nitrogen and oxygen atoms in total. The van der Waals surface area contributed by atoms with Gasteiger partial charge in [-0.3, -0.25) is 0 Å². The molecule has 0 unspecified atom stereocenters. The minimum absolute atomic E-state index is 0.236. The minimum Gasteiger partial charge on any atom is -0.389 e. The van der Waals surface area contributed by atoms with Crippen molar-refractivity contribution in [2.24, 2.45) is 0 Å². The number of hydrogen-bond donors (Lipinski definition) is 3. The van der Waals surface area contributed by atoms with Gasteiger partial charge in [0.15, 0.2) is 5.82 Å². The first kappa shape index (κ1) is 25.8. The fourth-order valence-electron chi connectivity index (χ4n) is 2.57. The Morgan fingerprint density at radius 3 is 2.47 bits per heavy atom. The lowest BCUT2D eigenvalue weighted by molar-refractivity contribution is 0.865. The van der Waals surface area contributed by atoms with E-state index in [0.717, 1.165) is 41.6 Å². The maximum absolute atomic E-state index is 9.11. The molecule has 164 valence electrons. The Balaban J connectivity index is 0.000000646. The second-order valence-corrected chi connectivity index (χ2v) is 6.05. The van der Waals surface area contributed by atoms with Crippen molar-refractivity contribution in [1.29, 1.82) is 15.9 Å². The van der Waals surface area contributed by atoms with Gasteiger partial charge in [0.1, 0.15) is 5.82 Å². The van der Waals surface area contributed by atoms with Crippen LogP contribution in [0.5, 0.6) is 0 Å². The third kappa shape index (κ3) is 8.25. The Morgan fingerprint density at radius 2 is 1.81 bits per heavy atom. The molecule has 7 heteroatoms. The summed E-state index contributed by atoms with van der Waals surface area (Å²) in [5.74, 6) is 1.41. The Bertz CT molecular complexity index is 1090. The number of fused-ring (bicyclic) bond motifs is 1. The van der Waals surface area contributed by atoms with Gasteiger partial charge in [0.2, 0.25) is 0 Å². The van der Waals surface area contributed by atoms with E-state index < -0.39 is 0 Å². The van der Waals surface area contributed by atoms with Crippen LogP contribution < -0.4 is 10.6 Å². The van der Waals surface area contributed by atoms with Crippen LogP contribution in [0.1, 0.15) is 32.8 Å². The number of nitrogens with one attached hydrogen (secondary N) is 3. The van der Waals surface area contributed by atoms with Crippen molar-refractivity contribution in [2.45, 2.75) is 27.2 Å². The summed E-state index contributed by atoms with van der Waals surface area (Å²) >= 11 is 0. The highest BCUT2D eigenvalue weighted by atomic mass is 15.0. The van der Waals surface area contributed by atoms with Crippen LogP contribution in [-0.2, 0) is 0 Å². The molecule has 0 aliphatic heterocycles. The average Bonchev–Trinajstić information content (AvgIpc) is 2.86. The Labute approximate surface area is 190 Å². The Hall–Kier alpha value is -4.23. The first-order chi connectivity index (χ1) is 15.7. The van der Waals surface area contributed by atoms with E-state index in [1.807, 2.05) is 75.5 Å². The van der Waals surface area contributed by atoms with Crippen LogP contribution in [0.2, 0.25) is 0 Å². The molecule has 0 amide bonds. The van der Waals surface area contributed by atoms with Crippen molar-refractivity contribution in [2.75, 3.05) is 18.4 Å². The molecule has 3 aromatic rings. The van der Waals surface area contributed by atoms with Gasteiger partial charge < -0.3 is 16.0 Å². The van der Waals surface area contributed by atoms with Gasteiger partial charge in [0, 0.05) is 30.3 Å². The van der Waals surface area contributed by atoms with Crippen molar-refractivity contribution in [3.8, 4) is 23.5 Å². The van der Waals surface area contributed by atoms with Gasteiger partial charge >= 0.3 is 0 Å². The van der Waals surface area contributed by atoms with Crippen molar-refractivity contribution >= 4 is 22.9 Å². The van der Waals surface area contributed by atoms with Gasteiger partial charge in [-0.1, -0.05) is 44.2 Å². The number of nitriles is 2. The molecule has 1 aromatic heterocycles. The van der Waals surface area contributed by atoms with Crippen LogP contribution in [0.15, 0.2) is 60.8 Å². The maximum atomic E-state index is 9.11. The van der Waals surface area contributed by atoms with Gasteiger partial charge in [-0.15, -0.1) is 0 Å². The van der Waals surface area contributed by atoms with E-state index in [1.54, 1.807) is 12.1 Å². The summed E-state index contributed by atoms with van der Waals surface area (Å²) < 4.78 is 0. The van der Waals surface area contributed by atoms with Crippen molar-refractivity contribution in [3.05, 3.63) is 66.4 Å². The second-order valence-electron chi connectivity index (χ2n) is 6.05. The van der Waals surface area contributed by atoms with E-state index in [9.17, 15) is 0 Å². The quantitative estimate of drug-likeness (QED) is 0.348. The van der Waals surface area contributed by atoms with Crippen LogP contribution in [0.3, 0.4) is 0 Å². The number of allylic oxidation sites excluding steroid dienone is 1. The molecule has 0 bridgehead atoms. The zero-order valence-corrected chi connectivity index (χ0v) is 18.8. The van der Waals surface area contributed by atoms with E-state index in [4.69, 9.17) is 15.9 Å². The predicted molar refractivity (Wildman–Crippen MR) is 131 cm³/mol. The first-order valence-electron chi connectivity index (χ1n) is 10.4. The molecule has 0 aliphatic rings. The number of benzene rings is 2. The zero-order chi connectivity index (χ0) is 23.6. The van der Waals surface area contributed by atoms with Crippen molar-refractivity contribution in [1.82, 2.24) is 15.3 Å². The molecule has 0 spiro atoms. The van der Waals surface area contributed by atoms with Crippen molar-refractivity contribution in [3.63, 3.8) is 0 Å². The maximum Gasteiger partial charge on any atom is 0.162 e. The SMILES string of the molecule is C/C=C/NCCNc1nc(-c2cccc(C#N)c2)nc2ccccc12.CC.N#CCC=N. The number of aromatic nitrogens is 2. The summed E-state index contributed by atoms with van der Waals surface area (Å²) in [4.78, 5) is 9.34. The normalized spacial score (nSPS) is 9.41. The molecule has 0 atom stereocenters. The lowest BCUT2D eigenvalue weighted by Crippen LogP contribution is -2.18. The van der Waals surface area contributed by atoms with Crippen LogP contribution in [0.4, 0.5) is 5.82 Å². The first-order valence-corrected chi connectivity index (χ1v) is 10.4. The van der Waals surface area contributed by atoms with Crippen LogP contribution >= 0.6 is 0 Å². The molecule has 0 fully saturated rings. The topological polar surface area (TPSA) is 121 Å². The summed E-state index contributed by atoms with van der Waals surface area (Å²) in [5, 5.41) is 30.6. The van der Waals surface area contributed by atoms with E-state index in [0.29, 0.717) is 11.4 Å². The highest BCUT2D eigenvalue weighted by molar-refractivity contribution is 5.90. The molecule has 0 radical (unpaired) electrons. The smallest absolute Gasteiger partial charge is 0.162 e. The van der Waals surface area contributed by atoms with Crippen LogP contribution in [-0.4, -0.2) is 29.3 Å². The van der Waals surface area contributed by atoms with Gasteiger partial charge in [0.25, 0.3) is 0 Å². The van der Waals surface area contributed by atoms with Gasteiger partial charge in [0.05, 0.1) is 29.6 Å². The summed E-state index contributed by atoms with van der Waals surface area (Å²) in [6, 6.07) is 19.2. The van der Waals surface area contributed by atoms with Gasteiger partial charge in [-0.05, 0) is 37.4 Å². The molecule has 0 aliphatic carbocycles. The Morgan fingerprint density at radius 1 is 1.03 bits per heavy atom. The molecule has 3 rings (SSSR count). The molecule has 0 saturated carbocycles. The summed E-state index contributed by atoms with van der Waals surface area (Å²) in [6.45, 7) is 7.50. The largest absolute Gasteiger partial charge is 0.389 e. The Kier molecular flexibility index (Phi) is 12.6. The van der Waals surface area contributed by atoms with E-state index in [2.05, 4.69) is 26.7 Å². The number of para-hydroxylation sites is 1. The lowest BCUT2D eigenvalue weighted by atomic mass is 10.1. The number of hydrogen-bond acceptors (Lipinski definition) is 7. The van der Waals surface area contributed by atoms with Gasteiger partial charge in [-0.2, -0.15) is 10.5 Å². The van der Waals surface area contributed by atoms with Gasteiger partial charge in [-0.25, -0.2) is 9.97 Å². The highest BCUT2D eigenvalue weighted by Crippen LogP contribution is 2.25. The second kappa shape index (κ2) is 15.6. The average molecular weight is 428 g/mol. The number of nitrogens with zero attached hydrogens (tertiary/aromatic N) is 4. The molecule has 2 aromatic carbocycles. The number of rotatable bonds is 7. The van der Waals surface area contributed by atoms with Crippen LogP contribution in [0, 0.1) is 28.1 Å². The van der Waals surface area contributed by atoms with Crippen molar-refractivity contribution < 1.29 is 0 Å². The third-order valence-electron chi connectivity index (χ3n) is 3.89. The molecule has 0 saturated heterocycles. The molecule has 3 N–H and O–H groups in total. The zero-order valence-electron chi connectivity index (χ0n) is 18.8. The number of anilines is 1. The fourth-order valence-corrected chi connectivity index (χ4v) is 2.57. The predicted octanol–water partition coefficient (Wildman–Crippen LogP) is 5.28. The molecular formula is C25H29N7. The third-order valence-corrected chi connectivity index (χ3v) is 3.89. The minimum atomic E-state index is 0.236. The van der Waals surface area contributed by atoms with E-state index in [1.165, 1.54) is 0 Å². The standard InChI is InChI=1S/C20H19N5.C3H4N2.C2H6/c1-2-10-22-11-12-23-20-17-8-3-4-9-18(17)24-19(25-20)16-7-5-6-15(13-16)14-21;4-2-1-3-5;1-2/h2-10,13,22H,11-12H2,1H3,(H,23,24,25);2,4H,1H2;1-2H3/b10-2+;;. The lowest BCUT2D eigenvalue weighted by Gasteiger charge is -2.11. The summed E-state index contributed by atoms with van der Waals surface area (Å²) in [5.41, 5.74) is 2.30. The van der Waals surface area contributed by atoms with E-state index >= 15 is 0 Å². The van der Waals surface area contributed by atoms with E-state index in [-0.39, 0.29) is 6.42 Å². The highest BCUT2D eigenvalue weighted by Gasteiger charge is 2.09. The molecular weight excluding hydrogens is 398 g/mol. The summed E-state index contributed by atoms with van der Waals surface area (Å²) in [7, 11) is 0. The monoisotopic (exact) mass is 427 g/mol. The fraction of sp³-hybridized carbons (Fsp3) is 0.240. The molecule has 1 heterocycles. The summed E-state index contributed by atoms with van der Waals surface area (Å²) in [6.07, 6.45) is 5.18. The molecule has 32 heavy (non-hydrogen) atoms.